The number of esters is 1. The Kier molecular flexibility index (Phi) is 18.6. The van der Waals surface area contributed by atoms with E-state index in [-0.39, 0.29) is 30.6 Å². The van der Waals surface area contributed by atoms with E-state index in [1.165, 1.54) is 6.92 Å². The number of hydrogen-bond acceptors (Lipinski definition) is 14. The number of carbonyl (C=O) groups excluding carboxylic acids is 1. The van der Waals surface area contributed by atoms with Crippen LogP contribution >= 0.6 is 0 Å². The minimum atomic E-state index is -2.15. The lowest BCUT2D eigenvalue weighted by Gasteiger charge is -2.51. The van der Waals surface area contributed by atoms with E-state index in [1.807, 2.05) is 67.6 Å². The molecule has 14 nitrogen and oxygen atoms in total. The van der Waals surface area contributed by atoms with Gasteiger partial charge in [-0.05, 0) is 134 Å². The smallest absolute Gasteiger partial charge is 0.311 e. The van der Waals surface area contributed by atoms with Crippen molar-refractivity contribution in [2.24, 2.45) is 17.8 Å². The van der Waals surface area contributed by atoms with Gasteiger partial charge in [-0.1, -0.05) is 20.8 Å². The van der Waals surface area contributed by atoms with Gasteiger partial charge in [-0.2, -0.15) is 0 Å². The summed E-state index contributed by atoms with van der Waals surface area (Å²) in [5.74, 6) is -2.35. The van der Waals surface area contributed by atoms with Gasteiger partial charge in [0.15, 0.2) is 29.2 Å². The van der Waals surface area contributed by atoms with E-state index in [0.717, 1.165) is 6.42 Å². The van der Waals surface area contributed by atoms with Gasteiger partial charge in [0.25, 0.3) is 0 Å². The Hall–Kier alpha value is -0.576. The average Bonchev–Trinajstić information content (AvgIpc) is 3.10. The van der Waals surface area contributed by atoms with Crippen LogP contribution in [0.2, 0.25) is 39.3 Å². The van der Waals surface area contributed by atoms with E-state index in [4.69, 9.17) is 37.3 Å². The van der Waals surface area contributed by atoms with Crippen molar-refractivity contribution in [1.82, 2.24) is 9.80 Å². The molecule has 0 radical (unpaired) electrons. The number of rotatable bonds is 11. The molecule has 0 amide bonds. The van der Waals surface area contributed by atoms with Crippen molar-refractivity contribution >= 4 is 22.6 Å². The van der Waals surface area contributed by atoms with Gasteiger partial charge >= 0.3 is 5.97 Å². The molecule has 0 aliphatic carbocycles. The summed E-state index contributed by atoms with van der Waals surface area (Å²) in [6.07, 6.45) is -5.71. The van der Waals surface area contributed by atoms with E-state index >= 15 is 0 Å². The summed E-state index contributed by atoms with van der Waals surface area (Å²) < 4.78 is 53.4. The number of ether oxygens (including phenoxy) is 6. The van der Waals surface area contributed by atoms with Crippen molar-refractivity contribution in [3.63, 3.8) is 0 Å². The molecule has 0 aromatic heterocycles. The monoisotopic (exact) mass is 893 g/mol. The maximum Gasteiger partial charge on any atom is 0.311 e. The highest BCUT2D eigenvalue weighted by molar-refractivity contribution is 6.70. The van der Waals surface area contributed by atoms with Crippen LogP contribution in [0.1, 0.15) is 94.9 Å². The zero-order valence-electron chi connectivity index (χ0n) is 41.1. The highest BCUT2D eigenvalue weighted by Gasteiger charge is 2.54. The largest absolute Gasteiger partial charge is 0.459 e. The molecule has 0 saturated carbocycles. The van der Waals surface area contributed by atoms with Crippen LogP contribution in [0, 0.1) is 17.8 Å². The first-order chi connectivity index (χ1) is 27.3. The Morgan fingerprint density at radius 2 is 1.45 bits per heavy atom. The lowest BCUT2D eigenvalue weighted by molar-refractivity contribution is -0.315. The van der Waals surface area contributed by atoms with Gasteiger partial charge in [-0.15, -0.1) is 0 Å². The summed E-state index contributed by atoms with van der Waals surface area (Å²) in [6, 6.07) is -0.540. The first-order valence-electron chi connectivity index (χ1n) is 22.5. The van der Waals surface area contributed by atoms with Crippen molar-refractivity contribution in [1.29, 1.82) is 0 Å². The number of methoxy groups -OCH3 is 1. The molecular formula is C44H88N2O12Si2. The SMILES string of the molecule is CC[C@H]1OC(=O)[C@H](C)[C@@H](O[C@H]2CC(C)(OC)[C@@H](O[Si](C)(C)C)[C@H](C)O2)[C@H](C)[C@@H](O[C@@H]2O[C@H](C)C[C@H](N(C)C)[C@H]2O[Si](C)(C)C)[C@](C)(O)C[C@@H](C)CN(C)[C@H](C)[C@@H](O)[C@]1(C)O. The van der Waals surface area contributed by atoms with E-state index in [9.17, 15) is 20.1 Å². The molecule has 1 unspecified atom stereocenters. The van der Waals surface area contributed by atoms with Crippen LogP contribution in [0.4, 0.5) is 0 Å². The third kappa shape index (κ3) is 13.5. The summed E-state index contributed by atoms with van der Waals surface area (Å²) in [6.45, 7) is 32.0. The van der Waals surface area contributed by atoms with E-state index in [2.05, 4.69) is 51.1 Å². The van der Waals surface area contributed by atoms with Gasteiger partial charge < -0.3 is 62.4 Å². The van der Waals surface area contributed by atoms with Crippen LogP contribution in [0.15, 0.2) is 0 Å². The number of cyclic esters (lactones) is 1. The number of carbonyl (C=O) groups is 1. The third-order valence-corrected chi connectivity index (χ3v) is 15.1. The van der Waals surface area contributed by atoms with Gasteiger partial charge in [0.2, 0.25) is 0 Å². The van der Waals surface area contributed by atoms with Crippen molar-refractivity contribution in [3.8, 4) is 0 Å². The van der Waals surface area contributed by atoms with Gasteiger partial charge in [0, 0.05) is 38.1 Å². The fourth-order valence-corrected chi connectivity index (χ4v) is 12.1. The predicted octanol–water partition coefficient (Wildman–Crippen LogP) is 5.62. The van der Waals surface area contributed by atoms with Crippen molar-refractivity contribution in [2.75, 3.05) is 34.8 Å². The maximum atomic E-state index is 14.6. The maximum absolute atomic E-state index is 14.6. The van der Waals surface area contributed by atoms with Crippen LogP contribution in [0.25, 0.3) is 0 Å². The second-order valence-electron chi connectivity index (χ2n) is 21.6. The Balaban J connectivity index is 2.25. The lowest BCUT2D eigenvalue weighted by atomic mass is 9.77. The minimum Gasteiger partial charge on any atom is -0.459 e. The topological polar surface area (TPSA) is 158 Å². The highest BCUT2D eigenvalue weighted by atomic mass is 28.4. The molecule has 60 heavy (non-hydrogen) atoms. The third-order valence-electron chi connectivity index (χ3n) is 13.1. The number of aliphatic hydroxyl groups is 3. The molecule has 3 rings (SSSR count). The predicted molar refractivity (Wildman–Crippen MR) is 239 cm³/mol. The number of likely N-dealkylation sites (N-methyl/N-ethyl adjacent to an activating group) is 2. The van der Waals surface area contributed by atoms with Crippen LogP contribution in [0.3, 0.4) is 0 Å². The van der Waals surface area contributed by atoms with Crippen molar-refractivity contribution in [2.45, 2.75) is 225 Å². The average molecular weight is 893 g/mol. The summed E-state index contributed by atoms with van der Waals surface area (Å²) in [5.41, 5.74) is -4.06. The standard InChI is InChI=1S/C44H88N2O12Si2/c1-21-33-44(10,50)37(47)30(6)46(13)25-26(2)23-42(8,49)38(56-41-36(57-59(15,16)17)32(45(11)12)22-27(3)52-41)28(4)35(29(5)40(48)54-33)55-34-24-43(9,51-14)39(31(7)53-34)58-60(18,19)20/h26-39,41,47,49-50H,21-25H2,1-20H3/t26-,27-,28+,29-,30-,31+,32+,33-,34+,35+,36-,37-,38-,39+,41+,42-,43?,44-/m1/s1. The zero-order chi connectivity index (χ0) is 46.1. The molecule has 0 aromatic rings. The molecule has 3 heterocycles. The van der Waals surface area contributed by atoms with Crippen LogP contribution < -0.4 is 0 Å². The fraction of sp³-hybridized carbons (Fsp3) is 0.977. The molecule has 0 spiro atoms. The zero-order valence-corrected chi connectivity index (χ0v) is 43.1. The Labute approximate surface area is 365 Å². The molecular weight excluding hydrogens is 805 g/mol. The van der Waals surface area contributed by atoms with E-state index in [0.29, 0.717) is 19.4 Å². The quantitative estimate of drug-likeness (QED) is 0.174. The first kappa shape index (κ1) is 53.8. The second kappa shape index (κ2) is 20.7. The molecule has 0 aromatic carbocycles. The van der Waals surface area contributed by atoms with Crippen LogP contribution in [0.5, 0.6) is 0 Å². The van der Waals surface area contributed by atoms with Crippen LogP contribution in [-0.4, -0.2) is 173 Å². The minimum absolute atomic E-state index is 0.0247. The summed E-state index contributed by atoms with van der Waals surface area (Å²) >= 11 is 0. The Morgan fingerprint density at radius 3 is 1.97 bits per heavy atom. The molecule has 3 N–H and O–H groups in total. The molecule has 0 bridgehead atoms. The summed E-state index contributed by atoms with van der Waals surface area (Å²) in [7, 11) is 3.45. The number of aliphatic hydroxyl groups excluding tert-OH is 1. The normalized spacial score (nSPS) is 45.2. The second-order valence-corrected chi connectivity index (χ2v) is 30.5. The molecule has 16 heteroatoms. The van der Waals surface area contributed by atoms with Gasteiger partial charge in [0.1, 0.15) is 23.9 Å². The Morgan fingerprint density at radius 1 is 0.867 bits per heavy atom. The molecule has 3 saturated heterocycles. The first-order valence-corrected chi connectivity index (χ1v) is 29.3. The Bertz CT molecular complexity index is 1360. The van der Waals surface area contributed by atoms with Gasteiger partial charge in [-0.25, -0.2) is 0 Å². The fourth-order valence-electron chi connectivity index (χ4n) is 9.85. The van der Waals surface area contributed by atoms with Gasteiger partial charge in [-0.3, -0.25) is 4.79 Å². The van der Waals surface area contributed by atoms with Crippen molar-refractivity contribution in [3.05, 3.63) is 0 Å². The molecule has 3 aliphatic heterocycles. The van der Waals surface area contributed by atoms with Gasteiger partial charge in [0.05, 0.1) is 47.6 Å². The molecule has 3 fully saturated rings. The number of nitrogens with zero attached hydrogens (tertiary/aromatic N) is 2. The molecule has 18 atom stereocenters. The highest BCUT2D eigenvalue weighted by Crippen LogP contribution is 2.42. The molecule has 3 aliphatic rings. The lowest BCUT2D eigenvalue weighted by Crippen LogP contribution is -2.62. The van der Waals surface area contributed by atoms with E-state index in [1.54, 1.807) is 21.0 Å². The van der Waals surface area contributed by atoms with Crippen LogP contribution in [-0.2, 0) is 42.1 Å². The van der Waals surface area contributed by atoms with E-state index < -0.39 is 106 Å². The number of hydrogen-bond donors (Lipinski definition) is 3. The molecule has 354 valence electrons. The summed E-state index contributed by atoms with van der Waals surface area (Å²) in [5, 5.41) is 36.5. The summed E-state index contributed by atoms with van der Waals surface area (Å²) in [4.78, 5) is 18.7. The van der Waals surface area contributed by atoms with Crippen molar-refractivity contribution < 1.29 is 57.4 Å².